The van der Waals surface area contributed by atoms with E-state index in [1.54, 1.807) is 0 Å². The van der Waals surface area contributed by atoms with Gasteiger partial charge in [0, 0.05) is 45.6 Å². The summed E-state index contributed by atoms with van der Waals surface area (Å²) in [5.41, 5.74) is 1.12. The van der Waals surface area contributed by atoms with Crippen molar-refractivity contribution in [2.75, 3.05) is 26.7 Å². The summed E-state index contributed by atoms with van der Waals surface area (Å²) in [4.78, 5) is 19.3. The number of amides is 1. The number of hydrogen-bond acceptors (Lipinski definition) is 3. The molecule has 6 nitrogen and oxygen atoms in total. The largest absolute Gasteiger partial charge is 0.357 e. The minimum absolute atomic E-state index is 0. The molecular weight excluding hydrogens is 497 g/mol. The van der Waals surface area contributed by atoms with Crippen LogP contribution in [0.15, 0.2) is 34.8 Å². The fraction of sp³-hybridized carbons (Fsp3) is 0.444. The molecule has 2 aromatic rings. The van der Waals surface area contributed by atoms with E-state index < -0.39 is 0 Å². The van der Waals surface area contributed by atoms with E-state index in [2.05, 4.69) is 20.5 Å². The molecule has 1 amide bonds. The summed E-state index contributed by atoms with van der Waals surface area (Å²) < 4.78 is 2.02. The maximum Gasteiger partial charge on any atom is 0.261 e. The van der Waals surface area contributed by atoms with Gasteiger partial charge in [0.1, 0.15) is 0 Å². The van der Waals surface area contributed by atoms with E-state index in [0.717, 1.165) is 34.5 Å². The van der Waals surface area contributed by atoms with E-state index in [1.807, 2.05) is 55.4 Å². The van der Waals surface area contributed by atoms with Crippen LogP contribution in [0, 0.1) is 0 Å². The third kappa shape index (κ3) is 7.71. The van der Waals surface area contributed by atoms with Crippen molar-refractivity contribution in [2.24, 2.45) is 12.0 Å². The molecule has 0 aliphatic rings. The van der Waals surface area contributed by atoms with E-state index in [1.165, 1.54) is 11.3 Å². The second-order valence-corrected chi connectivity index (χ2v) is 7.32. The molecular formula is C18H27ClIN5OS. The molecule has 2 rings (SSSR count). The molecule has 2 heterocycles. The van der Waals surface area contributed by atoms with Crippen molar-refractivity contribution < 1.29 is 4.79 Å². The van der Waals surface area contributed by atoms with Crippen LogP contribution in [-0.2, 0) is 13.6 Å². The number of guanidine groups is 1. The summed E-state index contributed by atoms with van der Waals surface area (Å²) in [6.07, 6.45) is 2.68. The second kappa shape index (κ2) is 12.2. The van der Waals surface area contributed by atoms with E-state index in [-0.39, 0.29) is 29.9 Å². The SMILES string of the molecule is CCNC(=NCCCNC(=O)c1cccs1)N(C)Cc1cc(Cl)cn1C.I. The van der Waals surface area contributed by atoms with Crippen LogP contribution in [0.1, 0.15) is 28.7 Å². The Bertz CT molecular complexity index is 732. The van der Waals surface area contributed by atoms with Crippen LogP contribution in [0.4, 0.5) is 0 Å². The highest BCUT2D eigenvalue weighted by molar-refractivity contribution is 14.0. The Labute approximate surface area is 187 Å². The van der Waals surface area contributed by atoms with Crippen molar-refractivity contribution in [1.82, 2.24) is 20.1 Å². The van der Waals surface area contributed by atoms with Crippen molar-refractivity contribution in [3.63, 3.8) is 0 Å². The standard InChI is InChI=1S/C18H26ClN5OS.HI/c1-4-20-18(24(3)13-15-11-14(19)12-23(15)2)22-9-6-8-21-17(25)16-7-5-10-26-16;/h5,7,10-12H,4,6,8-9,13H2,1-3H3,(H,20,22)(H,21,25);1H. The van der Waals surface area contributed by atoms with Crippen LogP contribution >= 0.6 is 46.9 Å². The van der Waals surface area contributed by atoms with Gasteiger partial charge in [0.2, 0.25) is 0 Å². The minimum Gasteiger partial charge on any atom is -0.357 e. The summed E-state index contributed by atoms with van der Waals surface area (Å²) in [5.74, 6) is 0.822. The fourth-order valence-electron chi connectivity index (χ4n) is 2.47. The van der Waals surface area contributed by atoms with Gasteiger partial charge in [0.15, 0.2) is 5.96 Å². The number of aromatic nitrogens is 1. The highest BCUT2D eigenvalue weighted by atomic mass is 127. The second-order valence-electron chi connectivity index (χ2n) is 5.94. The highest BCUT2D eigenvalue weighted by Crippen LogP contribution is 2.14. The third-order valence-electron chi connectivity index (χ3n) is 3.80. The van der Waals surface area contributed by atoms with Crippen molar-refractivity contribution in [1.29, 1.82) is 0 Å². The van der Waals surface area contributed by atoms with Gasteiger partial charge in [-0.2, -0.15) is 0 Å². The summed E-state index contributed by atoms with van der Waals surface area (Å²) in [7, 11) is 3.98. The number of rotatable bonds is 8. The Morgan fingerprint density at radius 1 is 1.41 bits per heavy atom. The number of carbonyl (C=O) groups is 1. The van der Waals surface area contributed by atoms with Crippen molar-refractivity contribution >= 4 is 58.8 Å². The molecule has 0 aliphatic heterocycles. The topological polar surface area (TPSA) is 61.7 Å². The zero-order chi connectivity index (χ0) is 18.9. The Morgan fingerprint density at radius 2 is 2.19 bits per heavy atom. The molecule has 0 aromatic carbocycles. The Balaban J connectivity index is 0.00000364. The van der Waals surface area contributed by atoms with Crippen LogP contribution in [0.5, 0.6) is 0 Å². The van der Waals surface area contributed by atoms with Gasteiger partial charge in [-0.05, 0) is 30.9 Å². The molecule has 0 unspecified atom stereocenters. The van der Waals surface area contributed by atoms with Crippen LogP contribution in [-0.4, -0.2) is 48.0 Å². The lowest BCUT2D eigenvalue weighted by Crippen LogP contribution is -2.39. The molecule has 27 heavy (non-hydrogen) atoms. The van der Waals surface area contributed by atoms with Crippen LogP contribution in [0.3, 0.4) is 0 Å². The molecule has 150 valence electrons. The summed E-state index contributed by atoms with van der Waals surface area (Å²) in [6, 6.07) is 5.66. The average molecular weight is 524 g/mol. The fourth-order valence-corrected chi connectivity index (χ4v) is 3.38. The third-order valence-corrected chi connectivity index (χ3v) is 4.87. The first-order chi connectivity index (χ1) is 12.5. The zero-order valence-corrected chi connectivity index (χ0v) is 19.8. The molecule has 9 heteroatoms. The van der Waals surface area contributed by atoms with Gasteiger partial charge in [0.25, 0.3) is 5.91 Å². The van der Waals surface area contributed by atoms with Gasteiger partial charge in [-0.3, -0.25) is 9.79 Å². The smallest absolute Gasteiger partial charge is 0.261 e. The maximum atomic E-state index is 11.9. The van der Waals surface area contributed by atoms with E-state index >= 15 is 0 Å². The number of hydrogen-bond donors (Lipinski definition) is 2. The Morgan fingerprint density at radius 3 is 2.78 bits per heavy atom. The van der Waals surface area contributed by atoms with Gasteiger partial charge >= 0.3 is 0 Å². The van der Waals surface area contributed by atoms with Crippen LogP contribution in [0.25, 0.3) is 0 Å². The monoisotopic (exact) mass is 523 g/mol. The quantitative estimate of drug-likeness (QED) is 0.241. The molecule has 2 N–H and O–H groups in total. The first-order valence-corrected chi connectivity index (χ1v) is 9.89. The van der Waals surface area contributed by atoms with Crippen LogP contribution in [0.2, 0.25) is 5.02 Å². The molecule has 0 saturated heterocycles. The lowest BCUT2D eigenvalue weighted by molar-refractivity contribution is 0.0957. The van der Waals surface area contributed by atoms with Crippen LogP contribution < -0.4 is 10.6 Å². The van der Waals surface area contributed by atoms with E-state index in [4.69, 9.17) is 11.6 Å². The predicted octanol–water partition coefficient (Wildman–Crippen LogP) is 3.58. The molecule has 2 aromatic heterocycles. The number of halogens is 2. The lowest BCUT2D eigenvalue weighted by atomic mass is 10.4. The normalized spacial score (nSPS) is 11.0. The van der Waals surface area contributed by atoms with Crippen molar-refractivity contribution in [3.05, 3.63) is 45.4 Å². The first kappa shape index (κ1) is 23.8. The van der Waals surface area contributed by atoms with E-state index in [0.29, 0.717) is 19.6 Å². The highest BCUT2D eigenvalue weighted by Gasteiger charge is 2.10. The minimum atomic E-state index is -0.0198. The lowest BCUT2D eigenvalue weighted by Gasteiger charge is -2.22. The molecule has 0 fully saturated rings. The number of thiophene rings is 1. The Kier molecular flexibility index (Phi) is 10.8. The van der Waals surface area contributed by atoms with Gasteiger partial charge in [-0.25, -0.2) is 0 Å². The summed E-state index contributed by atoms with van der Waals surface area (Å²) >= 11 is 7.50. The van der Waals surface area contributed by atoms with Gasteiger partial charge in [0.05, 0.1) is 16.4 Å². The number of carbonyl (C=O) groups excluding carboxylic acids is 1. The molecule has 0 aliphatic carbocycles. The molecule has 0 spiro atoms. The van der Waals surface area contributed by atoms with Gasteiger partial charge in [-0.15, -0.1) is 35.3 Å². The van der Waals surface area contributed by atoms with Gasteiger partial charge < -0.3 is 20.1 Å². The number of aryl methyl sites for hydroxylation is 1. The first-order valence-electron chi connectivity index (χ1n) is 8.63. The molecule has 0 saturated carbocycles. The number of nitrogens with one attached hydrogen (secondary N) is 2. The average Bonchev–Trinajstić information content (AvgIpc) is 3.23. The number of nitrogens with zero attached hydrogens (tertiary/aromatic N) is 3. The molecule has 0 atom stereocenters. The molecule has 0 radical (unpaired) electrons. The van der Waals surface area contributed by atoms with E-state index in [9.17, 15) is 4.79 Å². The Hall–Kier alpha value is -1.26. The number of aliphatic imine (C=N–C) groups is 1. The van der Waals surface area contributed by atoms with Crippen molar-refractivity contribution in [3.8, 4) is 0 Å². The van der Waals surface area contributed by atoms with Crippen molar-refractivity contribution in [2.45, 2.75) is 19.9 Å². The molecule has 0 bridgehead atoms. The maximum absolute atomic E-state index is 11.9. The van der Waals surface area contributed by atoms with Gasteiger partial charge in [-0.1, -0.05) is 17.7 Å². The summed E-state index contributed by atoms with van der Waals surface area (Å²) in [5, 5.41) is 8.86. The zero-order valence-electron chi connectivity index (χ0n) is 15.9. The predicted molar refractivity (Wildman–Crippen MR) is 125 cm³/mol. The summed E-state index contributed by atoms with van der Waals surface area (Å²) in [6.45, 7) is 4.81.